The van der Waals surface area contributed by atoms with Gasteiger partial charge in [0, 0.05) is 24.6 Å². The molecule has 1 aliphatic carbocycles. The fourth-order valence-electron chi connectivity index (χ4n) is 3.82. The molecule has 0 saturated heterocycles. The molecule has 30 heavy (non-hydrogen) atoms. The second-order valence-electron chi connectivity index (χ2n) is 7.37. The first-order valence-electron chi connectivity index (χ1n) is 10.3. The highest BCUT2D eigenvalue weighted by molar-refractivity contribution is 7.98. The molecule has 1 aromatic carbocycles. The standard InChI is InChI=1S/C20H26N8OS/c1-30-20-24-22-17(28(20)16-10-5-6-11-16)12-7-13-21-18(29)14-27-25-19(23-26-27)15-8-3-2-4-9-15/h2-4,8-9,16H,5-7,10-14H2,1H3,(H,21,29). The van der Waals surface area contributed by atoms with Gasteiger partial charge in [0.1, 0.15) is 12.4 Å². The highest BCUT2D eigenvalue weighted by Crippen LogP contribution is 2.33. The van der Waals surface area contributed by atoms with Crippen LogP contribution >= 0.6 is 11.8 Å². The lowest BCUT2D eigenvalue weighted by Gasteiger charge is -2.16. The summed E-state index contributed by atoms with van der Waals surface area (Å²) in [6.07, 6.45) is 8.59. The Labute approximate surface area is 179 Å². The third-order valence-electron chi connectivity index (χ3n) is 5.28. The number of carbonyl (C=O) groups excluding carboxylic acids is 1. The molecule has 158 valence electrons. The molecule has 0 atom stereocenters. The molecule has 10 heteroatoms. The molecule has 0 aliphatic heterocycles. The van der Waals surface area contributed by atoms with Crippen molar-refractivity contribution in [3.8, 4) is 11.4 Å². The zero-order valence-electron chi connectivity index (χ0n) is 17.1. The maximum atomic E-state index is 12.2. The fourth-order valence-corrected chi connectivity index (χ4v) is 4.39. The van der Waals surface area contributed by atoms with E-state index in [-0.39, 0.29) is 12.5 Å². The van der Waals surface area contributed by atoms with Gasteiger partial charge < -0.3 is 9.88 Å². The number of benzene rings is 1. The molecule has 0 unspecified atom stereocenters. The van der Waals surface area contributed by atoms with E-state index in [4.69, 9.17) is 0 Å². The predicted molar refractivity (Wildman–Crippen MR) is 114 cm³/mol. The average Bonchev–Trinajstić information content (AvgIpc) is 3.52. The number of rotatable bonds is 9. The maximum absolute atomic E-state index is 12.2. The van der Waals surface area contributed by atoms with Gasteiger partial charge in [0.05, 0.1) is 0 Å². The van der Waals surface area contributed by atoms with Crippen molar-refractivity contribution in [2.45, 2.75) is 56.3 Å². The SMILES string of the molecule is CSc1nnc(CCCNC(=O)Cn2nnc(-c3ccccc3)n2)n1C1CCCC1. The summed E-state index contributed by atoms with van der Waals surface area (Å²) in [5.74, 6) is 1.40. The van der Waals surface area contributed by atoms with Crippen molar-refractivity contribution in [2.24, 2.45) is 0 Å². The van der Waals surface area contributed by atoms with Gasteiger partial charge in [-0.2, -0.15) is 4.80 Å². The molecule has 4 rings (SSSR count). The highest BCUT2D eigenvalue weighted by atomic mass is 32.2. The molecule has 2 heterocycles. The van der Waals surface area contributed by atoms with E-state index in [1.54, 1.807) is 11.8 Å². The lowest BCUT2D eigenvalue weighted by Crippen LogP contribution is -2.29. The fraction of sp³-hybridized carbons (Fsp3) is 0.500. The van der Waals surface area contributed by atoms with Gasteiger partial charge in [-0.05, 0) is 30.7 Å². The van der Waals surface area contributed by atoms with Crippen LogP contribution in [-0.2, 0) is 17.8 Å². The minimum Gasteiger partial charge on any atom is -0.354 e. The van der Waals surface area contributed by atoms with Crippen LogP contribution < -0.4 is 5.32 Å². The van der Waals surface area contributed by atoms with Gasteiger partial charge in [0.15, 0.2) is 5.16 Å². The van der Waals surface area contributed by atoms with Gasteiger partial charge in [-0.1, -0.05) is 54.9 Å². The molecule has 1 aliphatic rings. The Hall–Kier alpha value is -2.75. The molecular weight excluding hydrogens is 400 g/mol. The summed E-state index contributed by atoms with van der Waals surface area (Å²) in [6.45, 7) is 0.625. The van der Waals surface area contributed by atoms with Crippen LogP contribution in [0.2, 0.25) is 0 Å². The van der Waals surface area contributed by atoms with E-state index in [9.17, 15) is 4.79 Å². The van der Waals surface area contributed by atoms with E-state index >= 15 is 0 Å². The monoisotopic (exact) mass is 426 g/mol. The number of aryl methyl sites for hydroxylation is 1. The topological polar surface area (TPSA) is 103 Å². The second-order valence-corrected chi connectivity index (χ2v) is 8.15. The van der Waals surface area contributed by atoms with E-state index in [2.05, 4.69) is 35.5 Å². The van der Waals surface area contributed by atoms with Crippen LogP contribution in [0.15, 0.2) is 35.5 Å². The number of aromatic nitrogens is 7. The van der Waals surface area contributed by atoms with Gasteiger partial charge in [-0.3, -0.25) is 4.79 Å². The molecule has 3 aromatic rings. The molecule has 1 fully saturated rings. The molecule has 0 bridgehead atoms. The summed E-state index contributed by atoms with van der Waals surface area (Å²) in [5, 5.41) is 24.9. The largest absolute Gasteiger partial charge is 0.354 e. The number of carbonyl (C=O) groups is 1. The van der Waals surface area contributed by atoms with Crippen LogP contribution in [0.4, 0.5) is 0 Å². The normalized spacial score (nSPS) is 14.3. The third kappa shape index (κ3) is 4.86. The first kappa shape index (κ1) is 20.5. The summed E-state index contributed by atoms with van der Waals surface area (Å²) < 4.78 is 2.31. The predicted octanol–water partition coefficient (Wildman–Crippen LogP) is 2.52. The number of nitrogens with zero attached hydrogens (tertiary/aromatic N) is 7. The van der Waals surface area contributed by atoms with Crippen molar-refractivity contribution < 1.29 is 4.79 Å². The summed E-state index contributed by atoms with van der Waals surface area (Å²) in [5.41, 5.74) is 0.875. The smallest absolute Gasteiger partial charge is 0.243 e. The quantitative estimate of drug-likeness (QED) is 0.414. The average molecular weight is 427 g/mol. The Kier molecular flexibility index (Phi) is 6.73. The summed E-state index contributed by atoms with van der Waals surface area (Å²) in [4.78, 5) is 13.5. The van der Waals surface area contributed by atoms with Gasteiger partial charge in [0.25, 0.3) is 0 Å². The molecule has 9 nitrogen and oxygen atoms in total. The third-order valence-corrected chi connectivity index (χ3v) is 5.92. The Bertz CT molecular complexity index is 964. The van der Waals surface area contributed by atoms with Crippen LogP contribution in [0.3, 0.4) is 0 Å². The maximum Gasteiger partial charge on any atom is 0.243 e. The Morgan fingerprint density at radius 1 is 1.17 bits per heavy atom. The first-order valence-corrected chi connectivity index (χ1v) is 11.5. The number of hydrogen-bond donors (Lipinski definition) is 1. The van der Waals surface area contributed by atoms with E-state index in [1.165, 1.54) is 30.5 Å². The summed E-state index contributed by atoms with van der Waals surface area (Å²) in [7, 11) is 0. The van der Waals surface area contributed by atoms with Crippen LogP contribution in [0.5, 0.6) is 0 Å². The lowest BCUT2D eigenvalue weighted by atomic mass is 10.2. The Morgan fingerprint density at radius 3 is 2.73 bits per heavy atom. The van der Waals surface area contributed by atoms with Crippen LogP contribution in [0.1, 0.15) is 44.0 Å². The van der Waals surface area contributed by atoms with Crippen molar-refractivity contribution in [2.75, 3.05) is 12.8 Å². The van der Waals surface area contributed by atoms with Crippen molar-refractivity contribution in [3.05, 3.63) is 36.2 Å². The summed E-state index contributed by atoms with van der Waals surface area (Å²) in [6, 6.07) is 10.1. The van der Waals surface area contributed by atoms with Crippen LogP contribution in [-0.4, -0.2) is 53.7 Å². The number of thioether (sulfide) groups is 1. The number of hydrogen-bond acceptors (Lipinski definition) is 7. The summed E-state index contributed by atoms with van der Waals surface area (Å²) >= 11 is 1.65. The second kappa shape index (κ2) is 9.84. The molecular formula is C20H26N8OS. The van der Waals surface area contributed by atoms with Gasteiger partial charge in [-0.15, -0.1) is 20.4 Å². The minimum absolute atomic E-state index is 0.0503. The number of nitrogens with one attached hydrogen (secondary N) is 1. The van der Waals surface area contributed by atoms with E-state index in [0.717, 1.165) is 29.4 Å². The zero-order valence-corrected chi connectivity index (χ0v) is 17.9. The molecule has 1 amide bonds. The Morgan fingerprint density at radius 2 is 1.97 bits per heavy atom. The minimum atomic E-state index is -0.130. The number of amides is 1. The first-order chi connectivity index (χ1) is 14.7. The van der Waals surface area contributed by atoms with Crippen molar-refractivity contribution in [1.29, 1.82) is 0 Å². The highest BCUT2D eigenvalue weighted by Gasteiger charge is 2.23. The van der Waals surface area contributed by atoms with Crippen molar-refractivity contribution >= 4 is 17.7 Å². The van der Waals surface area contributed by atoms with E-state index in [0.29, 0.717) is 18.4 Å². The molecule has 1 N–H and O–H groups in total. The lowest BCUT2D eigenvalue weighted by molar-refractivity contribution is -0.122. The van der Waals surface area contributed by atoms with Crippen LogP contribution in [0.25, 0.3) is 11.4 Å². The molecule has 0 radical (unpaired) electrons. The van der Waals surface area contributed by atoms with Crippen LogP contribution in [0, 0.1) is 0 Å². The van der Waals surface area contributed by atoms with Gasteiger partial charge >= 0.3 is 0 Å². The molecule has 1 saturated carbocycles. The van der Waals surface area contributed by atoms with E-state index in [1.807, 2.05) is 36.6 Å². The number of tetrazole rings is 1. The molecule has 2 aromatic heterocycles. The zero-order chi connectivity index (χ0) is 20.8. The van der Waals surface area contributed by atoms with Crippen molar-refractivity contribution in [3.63, 3.8) is 0 Å². The van der Waals surface area contributed by atoms with E-state index < -0.39 is 0 Å². The van der Waals surface area contributed by atoms with Gasteiger partial charge in [0.2, 0.25) is 11.7 Å². The van der Waals surface area contributed by atoms with Crippen molar-refractivity contribution in [1.82, 2.24) is 40.3 Å². The van der Waals surface area contributed by atoms with Gasteiger partial charge in [-0.25, -0.2) is 0 Å². The Balaban J connectivity index is 1.25. The molecule has 0 spiro atoms.